The van der Waals surface area contributed by atoms with Crippen molar-refractivity contribution in [3.05, 3.63) is 35.1 Å². The quantitative estimate of drug-likeness (QED) is 0.842. The molecule has 19 heavy (non-hydrogen) atoms. The molecule has 3 N–H and O–H groups in total. The standard InChI is InChI=1S/C12H15F4NO.ClH/c1-6(2)11(18)10(17)8-5-7(12(14,15)16)3-4-9(8)13;/h3-6,10-11,18H,17H2,1-2H3;1H/t10-,11+;/m1./s1. The van der Waals surface area contributed by atoms with Crippen LogP contribution in [-0.4, -0.2) is 11.2 Å². The van der Waals surface area contributed by atoms with Crippen LogP contribution in [0.5, 0.6) is 0 Å². The second-order valence-corrected chi connectivity index (χ2v) is 4.49. The molecule has 2 nitrogen and oxygen atoms in total. The molecule has 0 aliphatic carbocycles. The van der Waals surface area contributed by atoms with Gasteiger partial charge in [0.2, 0.25) is 0 Å². The molecule has 0 fully saturated rings. The SMILES string of the molecule is CC(C)[C@H](O)[C@H](N)c1cc(C(F)(F)F)ccc1F.Cl. The number of aliphatic hydroxyl groups excluding tert-OH is 1. The normalized spacial score (nSPS) is 15.0. The van der Waals surface area contributed by atoms with Gasteiger partial charge in [0.25, 0.3) is 0 Å². The molecule has 1 rings (SSSR count). The third-order valence-corrected chi connectivity index (χ3v) is 2.73. The summed E-state index contributed by atoms with van der Waals surface area (Å²) in [6.07, 6.45) is -5.67. The zero-order valence-corrected chi connectivity index (χ0v) is 11.2. The third kappa shape index (κ3) is 4.33. The molecule has 0 saturated carbocycles. The van der Waals surface area contributed by atoms with Gasteiger partial charge in [-0.1, -0.05) is 13.8 Å². The molecule has 0 unspecified atom stereocenters. The minimum Gasteiger partial charge on any atom is -0.391 e. The maximum Gasteiger partial charge on any atom is 0.416 e. The predicted molar refractivity (Wildman–Crippen MR) is 66.4 cm³/mol. The van der Waals surface area contributed by atoms with Crippen molar-refractivity contribution in [1.29, 1.82) is 0 Å². The Morgan fingerprint density at radius 2 is 1.74 bits per heavy atom. The van der Waals surface area contributed by atoms with E-state index in [0.29, 0.717) is 18.2 Å². The van der Waals surface area contributed by atoms with Gasteiger partial charge in [0.15, 0.2) is 0 Å². The average molecular weight is 302 g/mol. The van der Waals surface area contributed by atoms with Crippen LogP contribution in [-0.2, 0) is 6.18 Å². The van der Waals surface area contributed by atoms with Gasteiger partial charge in [-0.2, -0.15) is 13.2 Å². The average Bonchev–Trinajstić information content (AvgIpc) is 2.26. The van der Waals surface area contributed by atoms with Gasteiger partial charge in [0, 0.05) is 5.56 Å². The van der Waals surface area contributed by atoms with Crippen LogP contribution < -0.4 is 5.73 Å². The fraction of sp³-hybridized carbons (Fsp3) is 0.500. The maximum atomic E-state index is 13.5. The molecule has 0 aromatic heterocycles. The summed E-state index contributed by atoms with van der Waals surface area (Å²) in [5, 5.41) is 9.69. The molecule has 7 heteroatoms. The molecule has 0 heterocycles. The minimum absolute atomic E-state index is 0. The molecular weight excluding hydrogens is 286 g/mol. The van der Waals surface area contributed by atoms with E-state index in [1.807, 2.05) is 0 Å². The molecule has 0 bridgehead atoms. The van der Waals surface area contributed by atoms with E-state index in [0.717, 1.165) is 0 Å². The fourth-order valence-corrected chi connectivity index (χ4v) is 1.57. The van der Waals surface area contributed by atoms with Gasteiger partial charge in [-0.25, -0.2) is 4.39 Å². The highest BCUT2D eigenvalue weighted by Gasteiger charge is 2.32. The lowest BCUT2D eigenvalue weighted by molar-refractivity contribution is -0.137. The van der Waals surface area contributed by atoms with Crippen LogP contribution in [0.15, 0.2) is 18.2 Å². The predicted octanol–water partition coefficient (Wildman–Crippen LogP) is 3.28. The van der Waals surface area contributed by atoms with E-state index in [4.69, 9.17) is 5.73 Å². The first kappa shape index (κ1) is 18.1. The van der Waals surface area contributed by atoms with Crippen LogP contribution in [0.1, 0.15) is 31.0 Å². The highest BCUT2D eigenvalue weighted by atomic mass is 35.5. The topological polar surface area (TPSA) is 46.2 Å². The minimum atomic E-state index is -4.56. The summed E-state index contributed by atoms with van der Waals surface area (Å²) in [4.78, 5) is 0. The van der Waals surface area contributed by atoms with Crippen molar-refractivity contribution in [2.45, 2.75) is 32.2 Å². The molecule has 2 atom stereocenters. The summed E-state index contributed by atoms with van der Waals surface area (Å²) in [6, 6.07) is 0.816. The lowest BCUT2D eigenvalue weighted by Gasteiger charge is -2.23. The summed E-state index contributed by atoms with van der Waals surface area (Å²) >= 11 is 0. The van der Waals surface area contributed by atoms with E-state index < -0.39 is 29.7 Å². The van der Waals surface area contributed by atoms with Crippen molar-refractivity contribution in [1.82, 2.24) is 0 Å². The van der Waals surface area contributed by atoms with Crippen LogP contribution in [0.4, 0.5) is 17.6 Å². The highest BCUT2D eigenvalue weighted by molar-refractivity contribution is 5.85. The number of benzene rings is 1. The van der Waals surface area contributed by atoms with Gasteiger partial charge in [-0.05, 0) is 24.1 Å². The molecule has 1 aromatic rings. The van der Waals surface area contributed by atoms with E-state index in [2.05, 4.69) is 0 Å². The van der Waals surface area contributed by atoms with Crippen LogP contribution in [0.2, 0.25) is 0 Å². The molecule has 0 aliphatic heterocycles. The Balaban J connectivity index is 0.00000324. The van der Waals surface area contributed by atoms with Crippen LogP contribution >= 0.6 is 12.4 Å². The molecule has 0 aliphatic rings. The van der Waals surface area contributed by atoms with Crippen molar-refractivity contribution in [3.63, 3.8) is 0 Å². The number of rotatable bonds is 3. The van der Waals surface area contributed by atoms with Gasteiger partial charge in [-0.3, -0.25) is 0 Å². The Morgan fingerprint density at radius 1 is 1.21 bits per heavy atom. The number of halogens is 5. The molecule has 0 radical (unpaired) electrons. The zero-order valence-electron chi connectivity index (χ0n) is 10.4. The summed E-state index contributed by atoms with van der Waals surface area (Å²) in [5.41, 5.74) is 4.29. The van der Waals surface area contributed by atoms with Gasteiger partial charge in [0.05, 0.1) is 17.7 Å². The zero-order chi connectivity index (χ0) is 14.1. The van der Waals surface area contributed by atoms with E-state index in [1.54, 1.807) is 13.8 Å². The van der Waals surface area contributed by atoms with Crippen molar-refractivity contribution in [3.8, 4) is 0 Å². The molecule has 110 valence electrons. The molecular formula is C12H16ClF4NO. The number of hydrogen-bond donors (Lipinski definition) is 2. The second kappa shape index (κ2) is 6.54. The van der Waals surface area contributed by atoms with Crippen LogP contribution in [0.25, 0.3) is 0 Å². The van der Waals surface area contributed by atoms with E-state index in [1.165, 1.54) is 0 Å². The van der Waals surface area contributed by atoms with E-state index >= 15 is 0 Å². The van der Waals surface area contributed by atoms with Gasteiger partial charge in [0.1, 0.15) is 5.82 Å². The number of hydrogen-bond acceptors (Lipinski definition) is 2. The maximum absolute atomic E-state index is 13.5. The first-order valence-electron chi connectivity index (χ1n) is 5.45. The Labute approximate surface area is 115 Å². The molecule has 0 spiro atoms. The lowest BCUT2D eigenvalue weighted by Crippen LogP contribution is -2.31. The number of nitrogens with two attached hydrogens (primary N) is 1. The Kier molecular flexibility index (Phi) is 6.25. The summed E-state index contributed by atoms with van der Waals surface area (Å²) < 4.78 is 51.0. The van der Waals surface area contributed by atoms with Crippen LogP contribution in [0, 0.1) is 11.7 Å². The third-order valence-electron chi connectivity index (χ3n) is 2.73. The summed E-state index contributed by atoms with van der Waals surface area (Å²) in [6.45, 7) is 3.30. The lowest BCUT2D eigenvalue weighted by atomic mass is 9.93. The van der Waals surface area contributed by atoms with Gasteiger partial charge >= 0.3 is 6.18 Å². The van der Waals surface area contributed by atoms with Gasteiger partial charge in [-0.15, -0.1) is 12.4 Å². The van der Waals surface area contributed by atoms with Crippen molar-refractivity contribution < 1.29 is 22.7 Å². The summed E-state index contributed by atoms with van der Waals surface area (Å²) in [7, 11) is 0. The smallest absolute Gasteiger partial charge is 0.391 e. The molecule has 0 amide bonds. The number of alkyl halides is 3. The highest BCUT2D eigenvalue weighted by Crippen LogP contribution is 2.32. The van der Waals surface area contributed by atoms with Gasteiger partial charge < -0.3 is 10.8 Å². The van der Waals surface area contributed by atoms with E-state index in [9.17, 15) is 22.7 Å². The van der Waals surface area contributed by atoms with Crippen LogP contribution in [0.3, 0.4) is 0 Å². The Hall–Kier alpha value is -0.850. The Bertz CT molecular complexity index is 423. The first-order chi connectivity index (χ1) is 8.14. The largest absolute Gasteiger partial charge is 0.416 e. The first-order valence-corrected chi connectivity index (χ1v) is 5.45. The van der Waals surface area contributed by atoms with Crippen molar-refractivity contribution >= 4 is 12.4 Å². The van der Waals surface area contributed by atoms with E-state index in [-0.39, 0.29) is 23.9 Å². The van der Waals surface area contributed by atoms with Crippen molar-refractivity contribution in [2.75, 3.05) is 0 Å². The second-order valence-electron chi connectivity index (χ2n) is 4.49. The molecule has 0 saturated heterocycles. The molecule has 1 aromatic carbocycles. The Morgan fingerprint density at radius 3 is 2.16 bits per heavy atom. The number of aliphatic hydroxyl groups is 1. The summed E-state index contributed by atoms with van der Waals surface area (Å²) in [5.74, 6) is -1.14. The van der Waals surface area contributed by atoms with Crippen molar-refractivity contribution in [2.24, 2.45) is 11.7 Å². The fourth-order valence-electron chi connectivity index (χ4n) is 1.57. The monoisotopic (exact) mass is 301 g/mol.